The summed E-state index contributed by atoms with van der Waals surface area (Å²) in [5, 5.41) is 6.09. The Labute approximate surface area is 320 Å². The third-order valence-corrected chi connectivity index (χ3v) is 14.4. The van der Waals surface area contributed by atoms with Crippen LogP contribution in [0.2, 0.25) is 0 Å². The fourth-order valence-electron chi connectivity index (χ4n) is 7.75. The molecular formula is C39H50N6O7S2. The van der Waals surface area contributed by atoms with Crippen LogP contribution in [0.4, 0.5) is 4.79 Å². The van der Waals surface area contributed by atoms with Crippen molar-refractivity contribution in [1.29, 1.82) is 0 Å². The van der Waals surface area contributed by atoms with Gasteiger partial charge in [-0.3, -0.25) is 14.3 Å². The van der Waals surface area contributed by atoms with E-state index in [1.54, 1.807) is 35.3 Å². The Balaban J connectivity index is 1.27. The summed E-state index contributed by atoms with van der Waals surface area (Å²) in [4.78, 5) is 55.7. The zero-order chi connectivity index (χ0) is 38.7. The maximum atomic E-state index is 14.7. The summed E-state index contributed by atoms with van der Waals surface area (Å²) in [6, 6.07) is 4.26. The average molecular weight is 779 g/mol. The second kappa shape index (κ2) is 14.1. The summed E-state index contributed by atoms with van der Waals surface area (Å²) in [7, 11) is -0.516. The van der Waals surface area contributed by atoms with E-state index in [0.717, 1.165) is 40.9 Å². The highest BCUT2D eigenvalue weighted by molar-refractivity contribution is 7.91. The molecule has 2 aromatic heterocycles. The predicted octanol–water partition coefficient (Wildman–Crippen LogP) is 5.53. The van der Waals surface area contributed by atoms with Gasteiger partial charge in [-0.25, -0.2) is 23.2 Å². The van der Waals surface area contributed by atoms with Gasteiger partial charge in [0, 0.05) is 53.2 Å². The van der Waals surface area contributed by atoms with Crippen LogP contribution in [-0.2, 0) is 19.6 Å². The number of carbonyl (C=O) groups excluding carboxylic acids is 3. The molecule has 290 valence electrons. The molecule has 3 fully saturated rings. The number of thiazole rings is 1. The van der Waals surface area contributed by atoms with Gasteiger partial charge in [-0.1, -0.05) is 39.8 Å². The number of carbonyl (C=O) groups is 3. The molecule has 2 aliphatic carbocycles. The fraction of sp³-hybridized carbons (Fsp3) is 0.564. The third kappa shape index (κ3) is 6.93. The van der Waals surface area contributed by atoms with Crippen LogP contribution in [0.3, 0.4) is 0 Å². The summed E-state index contributed by atoms with van der Waals surface area (Å²) in [6.45, 7) is 10.5. The normalized spacial score (nSPS) is 26.5. The van der Waals surface area contributed by atoms with Crippen molar-refractivity contribution in [3.8, 4) is 22.9 Å². The third-order valence-electron chi connectivity index (χ3n) is 11.4. The molecule has 1 saturated heterocycles. The molecule has 0 bridgehead atoms. The van der Waals surface area contributed by atoms with E-state index in [4.69, 9.17) is 19.4 Å². The monoisotopic (exact) mass is 778 g/mol. The van der Waals surface area contributed by atoms with Crippen LogP contribution in [-0.4, -0.2) is 96.2 Å². The van der Waals surface area contributed by atoms with Crippen LogP contribution in [0.5, 0.6) is 11.5 Å². The van der Waals surface area contributed by atoms with Crippen molar-refractivity contribution < 1.29 is 32.3 Å². The summed E-state index contributed by atoms with van der Waals surface area (Å²) < 4.78 is 40.6. The number of allylic oxidation sites excluding steroid dienone is 1. The number of methoxy groups -OCH3 is 1. The smallest absolute Gasteiger partial charge is 0.320 e. The number of amides is 4. The Morgan fingerprint density at radius 2 is 1.87 bits per heavy atom. The first kappa shape index (κ1) is 38.1. The van der Waals surface area contributed by atoms with Gasteiger partial charge in [0.1, 0.15) is 29.2 Å². The van der Waals surface area contributed by atoms with Crippen LogP contribution in [0, 0.1) is 18.3 Å². The lowest BCUT2D eigenvalue weighted by Crippen LogP contribution is -2.60. The van der Waals surface area contributed by atoms with Crippen molar-refractivity contribution in [3.63, 3.8) is 0 Å². The maximum Gasteiger partial charge on any atom is 0.320 e. The molecule has 2 saturated carbocycles. The number of sulfonamides is 1. The summed E-state index contributed by atoms with van der Waals surface area (Å²) in [6.07, 6.45) is 6.77. The largest absolute Gasteiger partial charge is 0.496 e. The number of ether oxygens (including phenoxy) is 2. The van der Waals surface area contributed by atoms with Crippen LogP contribution < -0.4 is 19.5 Å². The Bertz CT molecular complexity index is 2130. The molecule has 7 rings (SSSR count). The van der Waals surface area contributed by atoms with E-state index >= 15 is 0 Å². The summed E-state index contributed by atoms with van der Waals surface area (Å²) in [5.74, 6) is -0.210. The number of urea groups is 1. The van der Waals surface area contributed by atoms with Gasteiger partial charge in [0.25, 0.3) is 5.91 Å². The SMILES string of the molecule is COc1ccc2c(O[C@H]3CN4C(=O)N(C)CCCC/C=C\[C@@H]5C[C@@]5(C(=O)NS(=O)(=O)C5CC5)NC(=O)[C@@H]4C3(C)C)cc(-c3csc(C(C)C)n3)nc2c1C. The Hall–Kier alpha value is -4.24. The number of aromatic nitrogens is 2. The first-order valence-corrected chi connectivity index (χ1v) is 21.2. The lowest BCUT2D eigenvalue weighted by atomic mass is 9.81. The van der Waals surface area contributed by atoms with Gasteiger partial charge in [-0.15, -0.1) is 11.3 Å². The highest BCUT2D eigenvalue weighted by atomic mass is 32.2. The molecule has 0 spiro atoms. The second-order valence-corrected chi connectivity index (χ2v) is 18.9. The Morgan fingerprint density at radius 3 is 2.56 bits per heavy atom. The molecule has 3 aromatic rings. The number of rotatable bonds is 8. The van der Waals surface area contributed by atoms with Crippen molar-refractivity contribution >= 4 is 50.1 Å². The number of fused-ring (bicyclic) bond motifs is 3. The number of hydrogen-bond donors (Lipinski definition) is 2. The van der Waals surface area contributed by atoms with Gasteiger partial charge < -0.3 is 24.6 Å². The van der Waals surface area contributed by atoms with Gasteiger partial charge in [0.15, 0.2) is 0 Å². The molecule has 0 radical (unpaired) electrons. The zero-order valence-electron chi connectivity index (χ0n) is 32.0. The first-order valence-electron chi connectivity index (χ1n) is 18.7. The van der Waals surface area contributed by atoms with Gasteiger partial charge >= 0.3 is 6.03 Å². The van der Waals surface area contributed by atoms with Crippen molar-refractivity contribution in [3.05, 3.63) is 46.3 Å². The van der Waals surface area contributed by atoms with Crippen LogP contribution in [0.1, 0.15) is 82.7 Å². The minimum absolute atomic E-state index is 0.0926. The van der Waals surface area contributed by atoms with E-state index in [-0.39, 0.29) is 30.8 Å². The Kier molecular flexibility index (Phi) is 9.95. The lowest BCUT2D eigenvalue weighted by molar-refractivity contribution is -0.133. The molecular weight excluding hydrogens is 729 g/mol. The topological polar surface area (TPSA) is 160 Å². The quantitative estimate of drug-likeness (QED) is 0.281. The Morgan fingerprint density at radius 1 is 1.11 bits per heavy atom. The molecule has 13 nitrogen and oxygen atoms in total. The second-order valence-electron chi connectivity index (χ2n) is 16.1. The van der Waals surface area contributed by atoms with E-state index < -0.39 is 50.2 Å². The van der Waals surface area contributed by atoms with E-state index in [0.29, 0.717) is 42.1 Å². The van der Waals surface area contributed by atoms with E-state index in [1.807, 2.05) is 56.5 Å². The number of benzene rings is 1. The first-order chi connectivity index (χ1) is 25.6. The predicted molar refractivity (Wildman–Crippen MR) is 207 cm³/mol. The molecule has 4 amide bonds. The minimum Gasteiger partial charge on any atom is -0.496 e. The molecule has 15 heteroatoms. The van der Waals surface area contributed by atoms with Gasteiger partial charge in [-0.05, 0) is 57.6 Å². The highest BCUT2D eigenvalue weighted by Gasteiger charge is 2.64. The van der Waals surface area contributed by atoms with Crippen LogP contribution in [0.25, 0.3) is 22.3 Å². The zero-order valence-corrected chi connectivity index (χ0v) is 33.6. The summed E-state index contributed by atoms with van der Waals surface area (Å²) in [5.41, 5.74) is 0.438. The number of nitrogens with zero attached hydrogens (tertiary/aromatic N) is 4. The average Bonchev–Trinajstić information content (AvgIpc) is 4.02. The van der Waals surface area contributed by atoms with Gasteiger partial charge in [-0.2, -0.15) is 0 Å². The number of pyridine rings is 1. The van der Waals surface area contributed by atoms with E-state index in [2.05, 4.69) is 23.9 Å². The van der Waals surface area contributed by atoms with Gasteiger partial charge in [0.05, 0.1) is 40.8 Å². The number of aryl methyl sites for hydroxylation is 1. The van der Waals surface area contributed by atoms with E-state index in [1.165, 1.54) is 0 Å². The fourth-order valence-corrected chi connectivity index (χ4v) is 9.94. The molecule has 54 heavy (non-hydrogen) atoms. The number of nitrogens with one attached hydrogen (secondary N) is 2. The van der Waals surface area contributed by atoms with E-state index in [9.17, 15) is 22.8 Å². The minimum atomic E-state index is -3.86. The lowest BCUT2D eigenvalue weighted by Gasteiger charge is -2.35. The summed E-state index contributed by atoms with van der Waals surface area (Å²) >= 11 is 1.57. The van der Waals surface area contributed by atoms with Crippen molar-refractivity contribution in [2.45, 2.75) is 102 Å². The number of hydrogen-bond acceptors (Lipinski definition) is 10. The van der Waals surface area contributed by atoms with Crippen molar-refractivity contribution in [1.82, 2.24) is 29.8 Å². The molecule has 4 heterocycles. The molecule has 1 aromatic carbocycles. The van der Waals surface area contributed by atoms with Gasteiger partial charge in [0.2, 0.25) is 15.9 Å². The van der Waals surface area contributed by atoms with Crippen molar-refractivity contribution in [2.24, 2.45) is 11.3 Å². The van der Waals surface area contributed by atoms with Crippen LogP contribution in [0.15, 0.2) is 35.7 Å². The highest BCUT2D eigenvalue weighted by Crippen LogP contribution is 2.48. The molecule has 4 atom stereocenters. The van der Waals surface area contributed by atoms with Crippen LogP contribution >= 0.6 is 11.3 Å². The molecule has 4 aliphatic rings. The maximum absolute atomic E-state index is 14.7. The molecule has 0 unspecified atom stereocenters. The van der Waals surface area contributed by atoms with Crippen molar-refractivity contribution in [2.75, 3.05) is 27.2 Å². The molecule has 2 aliphatic heterocycles. The standard InChI is InChI=1S/C39H50N6O7S2/c1-22(2)35-41-28(21-53-35)27-18-30(26-15-16-29(51-7)23(3)32(26)40-27)52-31-20-45-33(38(31,4)5)34(46)42-39(36(47)43-54(49,50)25-13-14-25)19-24(39)12-10-8-9-11-17-44(6)37(45)48/h10,12,15-16,18,21-22,24-25,31,33H,8-9,11,13-14,17,19-20H2,1-7H3,(H,42,46)(H,43,47)/b12-10-/t24-,31+,33-,39-/m1/s1. The molecule has 2 N–H and O–H groups in total.